The third-order valence-corrected chi connectivity index (χ3v) is 2.94. The summed E-state index contributed by atoms with van der Waals surface area (Å²) in [7, 11) is 3.44. The van der Waals surface area contributed by atoms with Gasteiger partial charge in [0.15, 0.2) is 0 Å². The number of halogens is 1. The van der Waals surface area contributed by atoms with Crippen molar-refractivity contribution in [2.24, 2.45) is 0 Å². The highest BCUT2D eigenvalue weighted by Crippen LogP contribution is 2.23. The highest BCUT2D eigenvalue weighted by Gasteiger charge is 2.06. The molecule has 1 aromatic heterocycles. The van der Waals surface area contributed by atoms with Crippen molar-refractivity contribution in [3.05, 3.63) is 41.7 Å². The van der Waals surface area contributed by atoms with Crippen molar-refractivity contribution in [3.63, 3.8) is 0 Å². The van der Waals surface area contributed by atoms with Crippen LogP contribution in [-0.4, -0.2) is 41.2 Å². The van der Waals surface area contributed by atoms with Crippen LogP contribution in [0.4, 0.5) is 5.69 Å². The first kappa shape index (κ1) is 13.4. The van der Waals surface area contributed by atoms with Crippen LogP contribution < -0.4 is 5.32 Å². The molecule has 100 valence electrons. The second-order valence-electron chi connectivity index (χ2n) is 4.26. The van der Waals surface area contributed by atoms with Crippen molar-refractivity contribution in [1.82, 2.24) is 14.7 Å². The van der Waals surface area contributed by atoms with Crippen LogP contribution >= 0.6 is 11.6 Å². The lowest BCUT2D eigenvalue weighted by Crippen LogP contribution is -2.28. The molecule has 0 saturated carbocycles. The number of rotatable bonds is 4. The number of anilines is 1. The van der Waals surface area contributed by atoms with E-state index in [-0.39, 0.29) is 12.5 Å². The molecule has 0 aliphatic carbocycles. The van der Waals surface area contributed by atoms with Crippen LogP contribution in [0.25, 0.3) is 5.69 Å². The molecule has 0 aliphatic rings. The number of hydrogen-bond donors (Lipinski definition) is 1. The fraction of sp³-hybridized carbons (Fsp3) is 0.231. The van der Waals surface area contributed by atoms with Crippen LogP contribution in [0, 0.1) is 0 Å². The largest absolute Gasteiger partial charge is 0.376 e. The van der Waals surface area contributed by atoms with E-state index < -0.39 is 0 Å². The lowest BCUT2D eigenvalue weighted by molar-refractivity contribution is -0.126. The highest BCUT2D eigenvalue weighted by molar-refractivity contribution is 6.32. The van der Waals surface area contributed by atoms with Crippen LogP contribution in [0.1, 0.15) is 0 Å². The number of nitrogens with zero attached hydrogens (tertiary/aromatic N) is 3. The van der Waals surface area contributed by atoms with Crippen LogP contribution in [-0.2, 0) is 4.79 Å². The van der Waals surface area contributed by atoms with Gasteiger partial charge >= 0.3 is 0 Å². The summed E-state index contributed by atoms with van der Waals surface area (Å²) in [5, 5.41) is 7.73. The summed E-state index contributed by atoms with van der Waals surface area (Å²) in [6.07, 6.45) is 3.52. The van der Waals surface area contributed by atoms with E-state index in [0.29, 0.717) is 5.02 Å². The van der Waals surface area contributed by atoms with E-state index in [1.165, 1.54) is 4.90 Å². The molecule has 2 rings (SSSR count). The zero-order valence-corrected chi connectivity index (χ0v) is 11.6. The third-order valence-electron chi connectivity index (χ3n) is 2.64. The van der Waals surface area contributed by atoms with Gasteiger partial charge in [-0.15, -0.1) is 0 Å². The van der Waals surface area contributed by atoms with Crippen molar-refractivity contribution in [3.8, 4) is 5.69 Å². The standard InChI is InChI=1S/C13H15ClN4O/c1-17(2)13(19)9-15-10-4-5-12(11(14)8-10)18-7-3-6-16-18/h3-8,15H,9H2,1-2H3. The molecule has 1 aromatic carbocycles. The molecular formula is C13H15ClN4O. The van der Waals surface area contributed by atoms with Crippen LogP contribution in [0.2, 0.25) is 5.02 Å². The van der Waals surface area contributed by atoms with E-state index in [1.54, 1.807) is 31.0 Å². The maximum Gasteiger partial charge on any atom is 0.241 e. The number of benzene rings is 1. The van der Waals surface area contributed by atoms with Gasteiger partial charge in [-0.1, -0.05) is 11.6 Å². The lowest BCUT2D eigenvalue weighted by atomic mass is 10.2. The van der Waals surface area contributed by atoms with Gasteiger partial charge in [-0.2, -0.15) is 5.10 Å². The van der Waals surface area contributed by atoms with Gasteiger partial charge in [0.1, 0.15) is 0 Å². The summed E-state index contributed by atoms with van der Waals surface area (Å²) in [5.41, 5.74) is 1.60. The Morgan fingerprint density at radius 1 is 1.47 bits per heavy atom. The predicted octanol–water partition coefficient (Wildman–Crippen LogP) is 2.03. The van der Waals surface area contributed by atoms with Crippen molar-refractivity contribution in [2.45, 2.75) is 0 Å². The molecule has 0 fully saturated rings. The molecule has 0 saturated heterocycles. The Morgan fingerprint density at radius 2 is 2.26 bits per heavy atom. The van der Waals surface area contributed by atoms with Gasteiger partial charge in [-0.05, 0) is 24.3 Å². The first-order chi connectivity index (χ1) is 9.08. The Balaban J connectivity index is 2.09. The molecule has 19 heavy (non-hydrogen) atoms. The highest BCUT2D eigenvalue weighted by atomic mass is 35.5. The normalized spacial score (nSPS) is 10.3. The van der Waals surface area contributed by atoms with E-state index in [4.69, 9.17) is 11.6 Å². The minimum atomic E-state index is 0.00674. The monoisotopic (exact) mass is 278 g/mol. The number of likely N-dealkylation sites (N-methyl/N-ethyl adjacent to an activating group) is 1. The zero-order chi connectivity index (χ0) is 13.8. The SMILES string of the molecule is CN(C)C(=O)CNc1ccc(-n2cccn2)c(Cl)c1. The molecule has 6 heteroatoms. The number of aromatic nitrogens is 2. The molecule has 2 aromatic rings. The van der Waals surface area contributed by atoms with E-state index in [9.17, 15) is 4.79 Å². The molecule has 1 amide bonds. The van der Waals surface area contributed by atoms with Crippen LogP contribution in [0.3, 0.4) is 0 Å². The fourth-order valence-electron chi connectivity index (χ4n) is 1.55. The molecular weight excluding hydrogens is 264 g/mol. The van der Waals surface area contributed by atoms with Gasteiger partial charge in [0.05, 0.1) is 17.3 Å². The Hall–Kier alpha value is -2.01. The summed E-state index contributed by atoms with van der Waals surface area (Å²) >= 11 is 6.20. The molecule has 1 N–H and O–H groups in total. The van der Waals surface area contributed by atoms with Crippen molar-refractivity contribution in [2.75, 3.05) is 26.0 Å². The molecule has 5 nitrogen and oxygen atoms in total. The number of carbonyl (C=O) groups is 1. The minimum absolute atomic E-state index is 0.00674. The van der Waals surface area contributed by atoms with E-state index in [2.05, 4.69) is 10.4 Å². The molecule has 0 atom stereocenters. The van der Waals surface area contributed by atoms with Gasteiger partial charge in [-0.25, -0.2) is 4.68 Å². The van der Waals surface area contributed by atoms with Gasteiger partial charge in [-0.3, -0.25) is 4.79 Å². The maximum absolute atomic E-state index is 11.5. The average Bonchev–Trinajstić information content (AvgIpc) is 2.89. The molecule has 1 heterocycles. The van der Waals surface area contributed by atoms with E-state index in [0.717, 1.165) is 11.4 Å². The zero-order valence-electron chi connectivity index (χ0n) is 10.8. The Bertz CT molecular complexity index is 566. The molecule has 0 spiro atoms. The summed E-state index contributed by atoms with van der Waals surface area (Å²) in [6.45, 7) is 0.241. The molecule has 0 unspecified atom stereocenters. The van der Waals surface area contributed by atoms with Crippen LogP contribution in [0.5, 0.6) is 0 Å². The molecule has 0 aliphatic heterocycles. The van der Waals surface area contributed by atoms with Crippen molar-refractivity contribution in [1.29, 1.82) is 0 Å². The van der Waals surface area contributed by atoms with Gasteiger partial charge in [0, 0.05) is 32.2 Å². The minimum Gasteiger partial charge on any atom is -0.376 e. The first-order valence-electron chi connectivity index (χ1n) is 5.81. The smallest absolute Gasteiger partial charge is 0.241 e. The first-order valence-corrected chi connectivity index (χ1v) is 6.19. The van der Waals surface area contributed by atoms with Crippen molar-refractivity contribution < 1.29 is 4.79 Å². The van der Waals surface area contributed by atoms with E-state index >= 15 is 0 Å². The second-order valence-corrected chi connectivity index (χ2v) is 4.67. The van der Waals surface area contributed by atoms with Gasteiger partial charge < -0.3 is 10.2 Å². The topological polar surface area (TPSA) is 50.2 Å². The Morgan fingerprint density at radius 3 is 2.84 bits per heavy atom. The number of carbonyl (C=O) groups excluding carboxylic acids is 1. The van der Waals surface area contributed by atoms with Gasteiger partial charge in [0.2, 0.25) is 5.91 Å². The third kappa shape index (κ3) is 3.26. The predicted molar refractivity (Wildman–Crippen MR) is 75.8 cm³/mol. The Labute approximate surface area is 116 Å². The summed E-state index contributed by atoms with van der Waals surface area (Å²) < 4.78 is 1.69. The molecule has 0 radical (unpaired) electrons. The summed E-state index contributed by atoms with van der Waals surface area (Å²) in [5.74, 6) is 0.00674. The van der Waals surface area contributed by atoms with Gasteiger partial charge in [0.25, 0.3) is 0 Å². The number of amides is 1. The number of nitrogens with one attached hydrogen (secondary N) is 1. The van der Waals surface area contributed by atoms with Crippen LogP contribution in [0.15, 0.2) is 36.7 Å². The Kier molecular flexibility index (Phi) is 4.06. The summed E-state index contributed by atoms with van der Waals surface area (Å²) in [4.78, 5) is 13.0. The van der Waals surface area contributed by atoms with Crippen molar-refractivity contribution >= 4 is 23.2 Å². The van der Waals surface area contributed by atoms with E-state index in [1.807, 2.05) is 24.4 Å². The maximum atomic E-state index is 11.5. The lowest BCUT2D eigenvalue weighted by Gasteiger charge is -2.12. The summed E-state index contributed by atoms with van der Waals surface area (Å²) in [6, 6.07) is 7.34. The second kappa shape index (κ2) is 5.75. The molecule has 0 bridgehead atoms. The fourth-order valence-corrected chi connectivity index (χ4v) is 1.82. The number of hydrogen-bond acceptors (Lipinski definition) is 3. The quantitative estimate of drug-likeness (QED) is 0.931. The average molecular weight is 279 g/mol.